The third-order valence-electron chi connectivity index (χ3n) is 2.01. The fraction of sp³-hybridized carbons (Fsp3) is 0.333. The minimum absolute atomic E-state index is 0.208. The molecule has 0 unspecified atom stereocenters. The van der Waals surface area contributed by atoms with Crippen molar-refractivity contribution in [2.45, 2.75) is 6.54 Å². The number of hydrogen-bond acceptors (Lipinski definition) is 2. The molecular formula is C12H15BrFNS. The van der Waals surface area contributed by atoms with Crippen LogP contribution in [0.3, 0.4) is 0 Å². The first-order chi connectivity index (χ1) is 7.75. The molecule has 0 amide bonds. The van der Waals surface area contributed by atoms with E-state index in [0.29, 0.717) is 11.0 Å². The van der Waals surface area contributed by atoms with E-state index < -0.39 is 0 Å². The predicted octanol–water partition coefficient (Wildman–Crippen LogP) is 3.60. The molecule has 0 heterocycles. The summed E-state index contributed by atoms with van der Waals surface area (Å²) in [6.45, 7) is 5.26. The maximum absolute atomic E-state index is 13.2. The first-order valence-corrected chi connectivity index (χ1v) is 7.02. The predicted molar refractivity (Wildman–Crippen MR) is 73.3 cm³/mol. The van der Waals surface area contributed by atoms with E-state index in [-0.39, 0.29) is 5.82 Å². The first-order valence-electron chi connectivity index (χ1n) is 5.08. The molecule has 0 radical (unpaired) electrons. The van der Waals surface area contributed by atoms with Crippen molar-refractivity contribution in [3.8, 4) is 0 Å². The second-order valence-corrected chi connectivity index (χ2v) is 5.20. The molecule has 0 saturated carbocycles. The number of nitrogens with one attached hydrogen (secondary N) is 1. The van der Waals surface area contributed by atoms with Gasteiger partial charge in [0.15, 0.2) is 0 Å². The van der Waals surface area contributed by atoms with Gasteiger partial charge in [0.1, 0.15) is 5.82 Å². The Bertz CT molecular complexity index is 344. The molecule has 0 aromatic heterocycles. The first kappa shape index (κ1) is 13.7. The summed E-state index contributed by atoms with van der Waals surface area (Å²) in [6.07, 6.45) is 1.90. The van der Waals surface area contributed by atoms with E-state index in [4.69, 9.17) is 0 Å². The van der Waals surface area contributed by atoms with Crippen molar-refractivity contribution in [1.29, 1.82) is 0 Å². The highest BCUT2D eigenvalue weighted by molar-refractivity contribution is 9.10. The molecule has 1 aromatic carbocycles. The van der Waals surface area contributed by atoms with E-state index in [1.165, 1.54) is 6.07 Å². The zero-order valence-corrected chi connectivity index (χ0v) is 11.4. The van der Waals surface area contributed by atoms with Crippen molar-refractivity contribution in [1.82, 2.24) is 5.32 Å². The van der Waals surface area contributed by atoms with Crippen LogP contribution >= 0.6 is 27.7 Å². The normalized spacial score (nSPS) is 10.4. The molecule has 0 atom stereocenters. The average molecular weight is 304 g/mol. The molecular weight excluding hydrogens is 289 g/mol. The highest BCUT2D eigenvalue weighted by atomic mass is 79.9. The Morgan fingerprint density at radius 3 is 3.06 bits per heavy atom. The third-order valence-corrected chi connectivity index (χ3v) is 3.86. The zero-order valence-electron chi connectivity index (χ0n) is 9.01. The second-order valence-electron chi connectivity index (χ2n) is 3.25. The Morgan fingerprint density at radius 2 is 2.31 bits per heavy atom. The van der Waals surface area contributed by atoms with Crippen molar-refractivity contribution < 1.29 is 4.39 Å². The summed E-state index contributed by atoms with van der Waals surface area (Å²) in [6, 6.07) is 5.09. The number of rotatable bonds is 7. The lowest BCUT2D eigenvalue weighted by molar-refractivity contribution is 0.614. The molecule has 0 spiro atoms. The van der Waals surface area contributed by atoms with Gasteiger partial charge in [0.05, 0.1) is 4.47 Å². The zero-order chi connectivity index (χ0) is 11.8. The van der Waals surface area contributed by atoms with Gasteiger partial charge in [-0.1, -0.05) is 18.2 Å². The van der Waals surface area contributed by atoms with Crippen LogP contribution in [0.4, 0.5) is 4.39 Å². The molecule has 0 aliphatic carbocycles. The van der Waals surface area contributed by atoms with E-state index in [1.807, 2.05) is 23.9 Å². The molecule has 1 rings (SSSR count). The quantitative estimate of drug-likeness (QED) is 0.610. The standard InChI is InChI=1S/C12H15BrFNS/c1-2-7-16-8-6-15-9-10-4-3-5-11(14)12(10)13/h2-5,15H,1,6-9H2. The van der Waals surface area contributed by atoms with Gasteiger partial charge in [-0.25, -0.2) is 4.39 Å². The molecule has 4 heteroatoms. The molecule has 16 heavy (non-hydrogen) atoms. The minimum Gasteiger partial charge on any atom is -0.312 e. The number of thioether (sulfide) groups is 1. The van der Waals surface area contributed by atoms with Crippen molar-refractivity contribution in [2.75, 3.05) is 18.1 Å². The number of benzene rings is 1. The second kappa shape index (κ2) is 7.87. The van der Waals surface area contributed by atoms with Crippen molar-refractivity contribution in [2.24, 2.45) is 0 Å². The lowest BCUT2D eigenvalue weighted by atomic mass is 10.2. The van der Waals surface area contributed by atoms with Crippen LogP contribution in [0.25, 0.3) is 0 Å². The van der Waals surface area contributed by atoms with Crippen LogP contribution in [-0.4, -0.2) is 18.1 Å². The third kappa shape index (κ3) is 4.68. The Balaban J connectivity index is 2.26. The minimum atomic E-state index is -0.208. The van der Waals surface area contributed by atoms with Gasteiger partial charge in [0.2, 0.25) is 0 Å². The summed E-state index contributed by atoms with van der Waals surface area (Å²) >= 11 is 5.07. The molecule has 1 aromatic rings. The summed E-state index contributed by atoms with van der Waals surface area (Å²) < 4.78 is 13.7. The van der Waals surface area contributed by atoms with Gasteiger partial charge < -0.3 is 5.32 Å². The molecule has 0 aliphatic rings. The van der Waals surface area contributed by atoms with Crippen LogP contribution < -0.4 is 5.32 Å². The maximum Gasteiger partial charge on any atom is 0.137 e. The molecule has 1 nitrogen and oxygen atoms in total. The fourth-order valence-corrected chi connectivity index (χ4v) is 2.25. The highest BCUT2D eigenvalue weighted by Gasteiger charge is 2.03. The molecule has 0 bridgehead atoms. The van der Waals surface area contributed by atoms with Crippen molar-refractivity contribution >= 4 is 27.7 Å². The average Bonchev–Trinajstić information content (AvgIpc) is 2.29. The fourth-order valence-electron chi connectivity index (χ4n) is 1.22. The molecule has 0 aliphatic heterocycles. The highest BCUT2D eigenvalue weighted by Crippen LogP contribution is 2.19. The number of hydrogen-bond donors (Lipinski definition) is 1. The Labute approximate surface area is 109 Å². The maximum atomic E-state index is 13.2. The smallest absolute Gasteiger partial charge is 0.137 e. The molecule has 1 N–H and O–H groups in total. The SMILES string of the molecule is C=CCSCCNCc1cccc(F)c1Br. The summed E-state index contributed by atoms with van der Waals surface area (Å²) in [5, 5.41) is 3.28. The van der Waals surface area contributed by atoms with Gasteiger partial charge in [0, 0.05) is 24.6 Å². The van der Waals surface area contributed by atoms with Crippen LogP contribution in [0.2, 0.25) is 0 Å². The van der Waals surface area contributed by atoms with Crippen LogP contribution in [0.5, 0.6) is 0 Å². The van der Waals surface area contributed by atoms with Gasteiger partial charge >= 0.3 is 0 Å². The van der Waals surface area contributed by atoms with E-state index in [9.17, 15) is 4.39 Å². The lowest BCUT2D eigenvalue weighted by Gasteiger charge is -2.06. The van der Waals surface area contributed by atoms with Crippen LogP contribution in [0.15, 0.2) is 35.3 Å². The lowest BCUT2D eigenvalue weighted by Crippen LogP contribution is -2.17. The van der Waals surface area contributed by atoms with Crippen LogP contribution in [0, 0.1) is 5.82 Å². The van der Waals surface area contributed by atoms with Crippen LogP contribution in [-0.2, 0) is 6.54 Å². The molecule has 88 valence electrons. The van der Waals surface area contributed by atoms with Crippen molar-refractivity contribution in [3.63, 3.8) is 0 Å². The van der Waals surface area contributed by atoms with Gasteiger partial charge in [-0.2, -0.15) is 11.8 Å². The summed E-state index contributed by atoms with van der Waals surface area (Å²) in [7, 11) is 0. The Morgan fingerprint density at radius 1 is 1.50 bits per heavy atom. The van der Waals surface area contributed by atoms with E-state index >= 15 is 0 Å². The molecule has 0 saturated heterocycles. The van der Waals surface area contributed by atoms with Crippen LogP contribution in [0.1, 0.15) is 5.56 Å². The summed E-state index contributed by atoms with van der Waals surface area (Å²) in [5.74, 6) is 1.81. The topological polar surface area (TPSA) is 12.0 Å². The van der Waals surface area contributed by atoms with Gasteiger partial charge in [0.25, 0.3) is 0 Å². The van der Waals surface area contributed by atoms with Gasteiger partial charge in [-0.3, -0.25) is 0 Å². The molecule has 0 fully saturated rings. The van der Waals surface area contributed by atoms with E-state index in [2.05, 4.69) is 27.8 Å². The van der Waals surface area contributed by atoms with Crippen molar-refractivity contribution in [3.05, 3.63) is 46.7 Å². The summed E-state index contributed by atoms with van der Waals surface area (Å²) in [4.78, 5) is 0. The van der Waals surface area contributed by atoms with E-state index in [0.717, 1.165) is 23.6 Å². The van der Waals surface area contributed by atoms with Gasteiger partial charge in [-0.05, 0) is 27.6 Å². The Kier molecular flexibility index (Phi) is 6.76. The van der Waals surface area contributed by atoms with E-state index in [1.54, 1.807) is 6.07 Å². The number of halogens is 2. The summed E-state index contributed by atoms with van der Waals surface area (Å²) in [5.41, 5.74) is 0.953. The largest absolute Gasteiger partial charge is 0.312 e. The van der Waals surface area contributed by atoms with Gasteiger partial charge in [-0.15, -0.1) is 6.58 Å². The monoisotopic (exact) mass is 303 g/mol. The Hall–Kier alpha value is -0.320.